The molecule has 0 aliphatic carbocycles. The molecule has 1 amide bonds. The number of rotatable bonds is 13. The highest BCUT2D eigenvalue weighted by Crippen LogP contribution is 2.30. The van der Waals surface area contributed by atoms with E-state index in [4.69, 9.17) is 10.5 Å². The van der Waals surface area contributed by atoms with Crippen LogP contribution < -0.4 is 10.5 Å². The number of carbonyl (C=O) groups is 1. The SMILES string of the molecule is C[C@H](CCc1ccccc1)N(C[C@H](O)c1ccc(OCc2ccccc2)c(C(N)=O)c1)[C@H](C)c1ccccc1. The minimum absolute atomic E-state index is 0.0933. The van der Waals surface area contributed by atoms with E-state index in [0.29, 0.717) is 24.5 Å². The van der Waals surface area contributed by atoms with E-state index in [-0.39, 0.29) is 17.6 Å². The summed E-state index contributed by atoms with van der Waals surface area (Å²) in [7, 11) is 0. The van der Waals surface area contributed by atoms with Crippen LogP contribution in [0.15, 0.2) is 109 Å². The summed E-state index contributed by atoms with van der Waals surface area (Å²) >= 11 is 0. The zero-order valence-electron chi connectivity index (χ0n) is 22.7. The molecule has 0 heterocycles. The molecule has 0 saturated carbocycles. The molecule has 0 fully saturated rings. The molecule has 3 N–H and O–H groups in total. The summed E-state index contributed by atoms with van der Waals surface area (Å²) in [6, 6.07) is 36.1. The van der Waals surface area contributed by atoms with Crippen molar-refractivity contribution in [2.45, 2.75) is 51.5 Å². The Hall–Kier alpha value is -3.93. The monoisotopic (exact) mass is 522 g/mol. The Morgan fingerprint density at radius 2 is 1.41 bits per heavy atom. The van der Waals surface area contributed by atoms with Gasteiger partial charge in [0, 0.05) is 18.6 Å². The lowest BCUT2D eigenvalue weighted by molar-refractivity contribution is 0.0622. The number of amides is 1. The molecule has 39 heavy (non-hydrogen) atoms. The molecule has 5 nitrogen and oxygen atoms in total. The third-order valence-electron chi connectivity index (χ3n) is 7.31. The lowest BCUT2D eigenvalue weighted by atomic mass is 9.98. The highest BCUT2D eigenvalue weighted by Gasteiger charge is 2.25. The molecule has 0 aliphatic heterocycles. The van der Waals surface area contributed by atoms with E-state index in [9.17, 15) is 9.90 Å². The van der Waals surface area contributed by atoms with Gasteiger partial charge in [0.25, 0.3) is 5.91 Å². The fourth-order valence-electron chi connectivity index (χ4n) is 4.94. The Morgan fingerprint density at radius 3 is 2.03 bits per heavy atom. The quantitative estimate of drug-likeness (QED) is 0.211. The molecule has 0 aliphatic rings. The summed E-state index contributed by atoms with van der Waals surface area (Å²) < 4.78 is 5.92. The van der Waals surface area contributed by atoms with Crippen LogP contribution in [0.5, 0.6) is 5.75 Å². The van der Waals surface area contributed by atoms with E-state index in [2.05, 4.69) is 55.1 Å². The third-order valence-corrected chi connectivity index (χ3v) is 7.31. The Kier molecular flexibility index (Phi) is 9.90. The molecule has 0 aromatic heterocycles. The molecule has 4 aromatic rings. The van der Waals surface area contributed by atoms with Crippen LogP contribution in [-0.2, 0) is 13.0 Å². The van der Waals surface area contributed by atoms with Crippen LogP contribution in [0.1, 0.15) is 65.0 Å². The largest absolute Gasteiger partial charge is 0.488 e. The highest BCUT2D eigenvalue weighted by molar-refractivity contribution is 5.95. The van der Waals surface area contributed by atoms with Crippen LogP contribution in [0.4, 0.5) is 0 Å². The van der Waals surface area contributed by atoms with Crippen molar-refractivity contribution in [1.29, 1.82) is 0 Å². The van der Waals surface area contributed by atoms with E-state index in [0.717, 1.165) is 18.4 Å². The first-order valence-electron chi connectivity index (χ1n) is 13.6. The van der Waals surface area contributed by atoms with Crippen LogP contribution in [0, 0.1) is 0 Å². The smallest absolute Gasteiger partial charge is 0.252 e. The molecular formula is C34H38N2O3. The molecule has 0 saturated heterocycles. The number of hydrogen-bond donors (Lipinski definition) is 2. The summed E-state index contributed by atoms with van der Waals surface area (Å²) in [6.45, 7) is 5.12. The molecule has 0 bridgehead atoms. The Morgan fingerprint density at radius 1 is 0.821 bits per heavy atom. The third kappa shape index (κ3) is 7.79. The van der Waals surface area contributed by atoms with E-state index in [1.165, 1.54) is 11.1 Å². The number of aliphatic hydroxyl groups is 1. The van der Waals surface area contributed by atoms with Gasteiger partial charge in [-0.2, -0.15) is 0 Å². The van der Waals surface area contributed by atoms with Crippen LogP contribution in [0.25, 0.3) is 0 Å². The minimum atomic E-state index is -0.809. The fraction of sp³-hybridized carbons (Fsp3) is 0.265. The van der Waals surface area contributed by atoms with Gasteiger partial charge in [0.05, 0.1) is 11.7 Å². The molecule has 0 radical (unpaired) electrons. The van der Waals surface area contributed by atoms with Crippen LogP contribution in [0.3, 0.4) is 0 Å². The van der Waals surface area contributed by atoms with Gasteiger partial charge in [0.1, 0.15) is 12.4 Å². The molecule has 5 heteroatoms. The molecule has 0 unspecified atom stereocenters. The first kappa shape index (κ1) is 28.1. The van der Waals surface area contributed by atoms with E-state index < -0.39 is 12.0 Å². The summed E-state index contributed by atoms with van der Waals surface area (Å²) in [5.74, 6) is -0.175. The second-order valence-corrected chi connectivity index (χ2v) is 10.1. The number of nitrogens with two attached hydrogens (primary N) is 1. The van der Waals surface area contributed by atoms with Gasteiger partial charge in [-0.1, -0.05) is 97.1 Å². The lowest BCUT2D eigenvalue weighted by Gasteiger charge is -2.36. The number of aliphatic hydroxyl groups excluding tert-OH is 1. The van der Waals surface area contributed by atoms with Crippen molar-refractivity contribution >= 4 is 5.91 Å². The van der Waals surface area contributed by atoms with Gasteiger partial charge in [-0.25, -0.2) is 0 Å². The maximum Gasteiger partial charge on any atom is 0.252 e. The summed E-state index contributed by atoms with van der Waals surface area (Å²) in [6.07, 6.45) is 1.10. The maximum atomic E-state index is 12.3. The maximum absolute atomic E-state index is 12.3. The lowest BCUT2D eigenvalue weighted by Crippen LogP contribution is -2.39. The molecule has 202 valence electrons. The van der Waals surface area contributed by atoms with E-state index >= 15 is 0 Å². The molecule has 0 spiro atoms. The summed E-state index contributed by atoms with van der Waals surface area (Å²) in [5, 5.41) is 11.4. The van der Waals surface area contributed by atoms with E-state index in [1.54, 1.807) is 12.1 Å². The van der Waals surface area contributed by atoms with Crippen molar-refractivity contribution in [3.8, 4) is 5.75 Å². The van der Waals surface area contributed by atoms with Crippen molar-refractivity contribution in [2.24, 2.45) is 5.73 Å². The van der Waals surface area contributed by atoms with Gasteiger partial charge >= 0.3 is 0 Å². The summed E-state index contributed by atoms with van der Waals surface area (Å²) in [4.78, 5) is 14.6. The van der Waals surface area contributed by atoms with Gasteiger partial charge < -0.3 is 15.6 Å². The highest BCUT2D eigenvalue weighted by atomic mass is 16.5. The zero-order valence-corrected chi connectivity index (χ0v) is 22.7. The Balaban J connectivity index is 1.52. The van der Waals surface area contributed by atoms with Crippen molar-refractivity contribution in [2.75, 3.05) is 6.54 Å². The van der Waals surface area contributed by atoms with Crippen molar-refractivity contribution in [3.63, 3.8) is 0 Å². The first-order chi connectivity index (χ1) is 18.9. The number of primary amides is 1. The van der Waals surface area contributed by atoms with Crippen LogP contribution in [0.2, 0.25) is 0 Å². The van der Waals surface area contributed by atoms with Crippen molar-refractivity contribution in [3.05, 3.63) is 137 Å². The molecular weight excluding hydrogens is 484 g/mol. The normalized spacial score (nSPS) is 13.5. The predicted molar refractivity (Wildman–Crippen MR) is 156 cm³/mol. The van der Waals surface area contributed by atoms with Crippen molar-refractivity contribution in [1.82, 2.24) is 4.90 Å². The number of benzene rings is 4. The fourth-order valence-corrected chi connectivity index (χ4v) is 4.94. The number of hydrogen-bond acceptors (Lipinski definition) is 4. The average molecular weight is 523 g/mol. The Bertz CT molecular complexity index is 1310. The Labute approximate surface area is 231 Å². The number of aryl methyl sites for hydroxylation is 1. The zero-order chi connectivity index (χ0) is 27.6. The predicted octanol–water partition coefficient (Wildman–Crippen LogP) is 6.48. The van der Waals surface area contributed by atoms with Gasteiger partial charge in [0.15, 0.2) is 0 Å². The molecule has 4 aromatic carbocycles. The van der Waals surface area contributed by atoms with Gasteiger partial charge in [-0.3, -0.25) is 9.69 Å². The van der Waals surface area contributed by atoms with Gasteiger partial charge in [0.2, 0.25) is 0 Å². The number of carbonyl (C=O) groups excluding carboxylic acids is 1. The van der Waals surface area contributed by atoms with Crippen molar-refractivity contribution < 1.29 is 14.6 Å². The summed E-state index contributed by atoms with van der Waals surface area (Å²) in [5.41, 5.74) is 10.1. The average Bonchev–Trinajstić information content (AvgIpc) is 2.98. The second-order valence-electron chi connectivity index (χ2n) is 10.1. The van der Waals surface area contributed by atoms with Gasteiger partial charge in [-0.15, -0.1) is 0 Å². The standard InChI is InChI=1S/C34H38N2O3/c1-25(18-19-27-12-6-3-7-13-27)36(26(2)29-16-10-5-11-17-29)23-32(37)30-20-21-33(31(22-30)34(35)38)39-24-28-14-8-4-9-15-28/h3-17,20-22,25-26,32,37H,18-19,23-24H2,1-2H3,(H2,35,38)/t25-,26-,32+/m1/s1. The number of nitrogens with zero attached hydrogens (tertiary/aromatic N) is 1. The molecule has 4 rings (SSSR count). The van der Waals surface area contributed by atoms with Crippen LogP contribution >= 0.6 is 0 Å². The van der Waals surface area contributed by atoms with Crippen LogP contribution in [-0.4, -0.2) is 28.5 Å². The first-order valence-corrected chi connectivity index (χ1v) is 13.6. The van der Waals surface area contributed by atoms with E-state index in [1.807, 2.05) is 60.7 Å². The van der Waals surface area contributed by atoms with Gasteiger partial charge in [-0.05, 0) is 61.1 Å². The minimum Gasteiger partial charge on any atom is -0.488 e. The number of ether oxygens (including phenoxy) is 1. The second kappa shape index (κ2) is 13.7. The molecule has 3 atom stereocenters. The topological polar surface area (TPSA) is 75.8 Å².